The van der Waals surface area contributed by atoms with Gasteiger partial charge in [-0.25, -0.2) is 8.42 Å². The number of amides is 1. The van der Waals surface area contributed by atoms with Crippen molar-refractivity contribution in [3.63, 3.8) is 0 Å². The van der Waals surface area contributed by atoms with Crippen LogP contribution in [0.1, 0.15) is 32.6 Å². The lowest BCUT2D eigenvalue weighted by Crippen LogP contribution is -2.35. The molecule has 0 radical (unpaired) electrons. The standard InChI is InChI=1S/C12H24N2O3S.ClH/c1-2-8-18(16,17)10-12(15)14-7-5-11-4-3-6-13-9-11;/h11,13H,2-10H2,1H3,(H,14,15);1H. The van der Waals surface area contributed by atoms with Gasteiger partial charge in [0.2, 0.25) is 5.91 Å². The smallest absolute Gasteiger partial charge is 0.235 e. The Balaban J connectivity index is 0.00000324. The van der Waals surface area contributed by atoms with Crippen molar-refractivity contribution in [1.82, 2.24) is 10.6 Å². The molecule has 1 aliphatic rings. The zero-order valence-electron chi connectivity index (χ0n) is 11.5. The van der Waals surface area contributed by atoms with E-state index in [1.165, 1.54) is 12.8 Å². The first-order valence-corrected chi connectivity index (χ1v) is 8.53. The Hall–Kier alpha value is -0.330. The molecule has 5 nitrogen and oxygen atoms in total. The number of carbonyl (C=O) groups is 1. The average molecular weight is 313 g/mol. The maximum Gasteiger partial charge on any atom is 0.235 e. The van der Waals surface area contributed by atoms with Gasteiger partial charge < -0.3 is 10.6 Å². The van der Waals surface area contributed by atoms with Gasteiger partial charge in [0.05, 0.1) is 5.75 Å². The molecule has 0 saturated carbocycles. The maximum atomic E-state index is 11.5. The van der Waals surface area contributed by atoms with Crippen molar-refractivity contribution < 1.29 is 13.2 Å². The van der Waals surface area contributed by atoms with Crippen molar-refractivity contribution in [3.8, 4) is 0 Å². The minimum atomic E-state index is -3.21. The van der Waals surface area contributed by atoms with Crippen molar-refractivity contribution in [2.45, 2.75) is 32.6 Å². The summed E-state index contributed by atoms with van der Waals surface area (Å²) in [5.41, 5.74) is 0. The fourth-order valence-electron chi connectivity index (χ4n) is 2.22. The van der Waals surface area contributed by atoms with Gasteiger partial charge in [0.25, 0.3) is 0 Å². The summed E-state index contributed by atoms with van der Waals surface area (Å²) in [7, 11) is -3.21. The first-order valence-electron chi connectivity index (χ1n) is 6.71. The molecule has 0 spiro atoms. The summed E-state index contributed by atoms with van der Waals surface area (Å²) in [6.45, 7) is 4.46. The maximum absolute atomic E-state index is 11.5. The molecule has 0 aromatic heterocycles. The van der Waals surface area contributed by atoms with Crippen LogP contribution in [0.4, 0.5) is 0 Å². The monoisotopic (exact) mass is 312 g/mol. The first kappa shape index (κ1) is 18.7. The second kappa shape index (κ2) is 9.55. The van der Waals surface area contributed by atoms with Gasteiger partial charge in [-0.2, -0.15) is 0 Å². The van der Waals surface area contributed by atoms with Gasteiger partial charge in [0.1, 0.15) is 5.75 Å². The lowest BCUT2D eigenvalue weighted by molar-refractivity contribution is -0.118. The van der Waals surface area contributed by atoms with Gasteiger partial charge in [0.15, 0.2) is 9.84 Å². The highest BCUT2D eigenvalue weighted by molar-refractivity contribution is 7.92. The molecular formula is C12H25ClN2O3S. The SMILES string of the molecule is CCCS(=O)(=O)CC(=O)NCCC1CCCNC1.Cl. The first-order chi connectivity index (χ1) is 8.53. The molecule has 1 saturated heterocycles. The molecule has 1 amide bonds. The van der Waals surface area contributed by atoms with Crippen LogP contribution < -0.4 is 10.6 Å². The van der Waals surface area contributed by atoms with Crippen LogP contribution in [0.2, 0.25) is 0 Å². The minimum Gasteiger partial charge on any atom is -0.355 e. The van der Waals surface area contributed by atoms with Crippen LogP contribution in [0.15, 0.2) is 0 Å². The highest BCUT2D eigenvalue weighted by Gasteiger charge is 2.16. The lowest BCUT2D eigenvalue weighted by Gasteiger charge is -2.22. The van der Waals surface area contributed by atoms with Crippen LogP contribution in [0.3, 0.4) is 0 Å². The molecule has 2 N–H and O–H groups in total. The van der Waals surface area contributed by atoms with Gasteiger partial charge >= 0.3 is 0 Å². The third kappa shape index (κ3) is 8.44. The van der Waals surface area contributed by atoms with E-state index in [0.717, 1.165) is 19.5 Å². The molecule has 7 heteroatoms. The van der Waals surface area contributed by atoms with E-state index in [0.29, 0.717) is 18.9 Å². The van der Waals surface area contributed by atoms with Crippen molar-refractivity contribution in [2.24, 2.45) is 5.92 Å². The zero-order chi connectivity index (χ0) is 13.4. The Morgan fingerprint density at radius 1 is 1.42 bits per heavy atom. The number of piperidine rings is 1. The highest BCUT2D eigenvalue weighted by atomic mass is 35.5. The zero-order valence-corrected chi connectivity index (χ0v) is 13.1. The molecule has 19 heavy (non-hydrogen) atoms. The second-order valence-electron chi connectivity index (χ2n) is 4.94. The van der Waals surface area contributed by atoms with E-state index in [1.54, 1.807) is 6.92 Å². The fraction of sp³-hybridized carbons (Fsp3) is 0.917. The Bertz CT molecular complexity index is 354. The Morgan fingerprint density at radius 2 is 2.16 bits per heavy atom. The quantitative estimate of drug-likeness (QED) is 0.727. The summed E-state index contributed by atoms with van der Waals surface area (Å²) in [4.78, 5) is 11.5. The van der Waals surface area contributed by atoms with Crippen LogP contribution in [0.25, 0.3) is 0 Å². The molecule has 1 heterocycles. The van der Waals surface area contributed by atoms with E-state index in [2.05, 4.69) is 10.6 Å². The molecule has 0 aliphatic carbocycles. The van der Waals surface area contributed by atoms with E-state index in [9.17, 15) is 13.2 Å². The largest absolute Gasteiger partial charge is 0.355 e. The number of sulfone groups is 1. The van der Waals surface area contributed by atoms with Gasteiger partial charge in [0, 0.05) is 6.54 Å². The number of rotatable bonds is 7. The number of halogens is 1. The summed E-state index contributed by atoms with van der Waals surface area (Å²) in [5.74, 6) is -0.0463. The normalized spacial score (nSPS) is 19.5. The molecule has 1 unspecified atom stereocenters. The van der Waals surface area contributed by atoms with Gasteiger partial charge in [-0.15, -0.1) is 12.4 Å². The van der Waals surface area contributed by atoms with Gasteiger partial charge in [-0.1, -0.05) is 6.92 Å². The van der Waals surface area contributed by atoms with Crippen LogP contribution in [-0.2, 0) is 14.6 Å². The van der Waals surface area contributed by atoms with Crippen LogP contribution in [-0.4, -0.2) is 45.5 Å². The van der Waals surface area contributed by atoms with Crippen LogP contribution in [0.5, 0.6) is 0 Å². The Labute approximate surface area is 122 Å². The summed E-state index contributed by atoms with van der Waals surface area (Å²) >= 11 is 0. The van der Waals surface area contributed by atoms with E-state index in [-0.39, 0.29) is 29.8 Å². The van der Waals surface area contributed by atoms with Gasteiger partial charge in [-0.05, 0) is 44.7 Å². The predicted octanol–water partition coefficient (Wildman–Crippen LogP) is 0.739. The second-order valence-corrected chi connectivity index (χ2v) is 7.13. The van der Waals surface area contributed by atoms with E-state index < -0.39 is 9.84 Å². The molecule has 0 bridgehead atoms. The molecule has 1 aliphatic heterocycles. The summed E-state index contributed by atoms with van der Waals surface area (Å²) < 4.78 is 22.9. The van der Waals surface area contributed by atoms with Crippen molar-refractivity contribution in [3.05, 3.63) is 0 Å². The van der Waals surface area contributed by atoms with Crippen molar-refractivity contribution in [1.29, 1.82) is 0 Å². The van der Waals surface area contributed by atoms with E-state index in [1.807, 2.05) is 0 Å². The third-order valence-electron chi connectivity index (χ3n) is 3.14. The number of hydrogen-bond donors (Lipinski definition) is 2. The van der Waals surface area contributed by atoms with E-state index >= 15 is 0 Å². The lowest BCUT2D eigenvalue weighted by atomic mass is 9.96. The summed E-state index contributed by atoms with van der Waals surface area (Å²) in [5, 5.41) is 6.02. The Morgan fingerprint density at radius 3 is 2.74 bits per heavy atom. The number of carbonyl (C=O) groups excluding carboxylic acids is 1. The predicted molar refractivity (Wildman–Crippen MR) is 79.4 cm³/mol. The van der Waals surface area contributed by atoms with Crippen molar-refractivity contribution >= 4 is 28.2 Å². The Kier molecular flexibility index (Phi) is 9.39. The summed E-state index contributed by atoms with van der Waals surface area (Å²) in [6, 6.07) is 0. The molecule has 1 fully saturated rings. The van der Waals surface area contributed by atoms with Crippen LogP contribution in [0, 0.1) is 5.92 Å². The minimum absolute atomic E-state index is 0. The molecule has 0 aromatic rings. The van der Waals surface area contributed by atoms with Crippen LogP contribution >= 0.6 is 12.4 Å². The molecule has 0 aromatic carbocycles. The fourth-order valence-corrected chi connectivity index (χ4v) is 3.49. The topological polar surface area (TPSA) is 75.3 Å². The molecule has 1 atom stereocenters. The molecule has 114 valence electrons. The molecule has 1 rings (SSSR count). The van der Waals surface area contributed by atoms with Gasteiger partial charge in [-0.3, -0.25) is 4.79 Å². The third-order valence-corrected chi connectivity index (χ3v) is 4.87. The van der Waals surface area contributed by atoms with E-state index in [4.69, 9.17) is 0 Å². The molecular weight excluding hydrogens is 288 g/mol. The summed E-state index contributed by atoms with van der Waals surface area (Å²) in [6.07, 6.45) is 3.86. The highest BCUT2D eigenvalue weighted by Crippen LogP contribution is 2.12. The average Bonchev–Trinajstić information content (AvgIpc) is 2.29. The number of hydrogen-bond acceptors (Lipinski definition) is 4. The number of nitrogens with one attached hydrogen (secondary N) is 2. The van der Waals surface area contributed by atoms with Crippen molar-refractivity contribution in [2.75, 3.05) is 31.1 Å².